The summed E-state index contributed by atoms with van der Waals surface area (Å²) in [6, 6.07) is 0.521. The van der Waals surface area contributed by atoms with E-state index in [9.17, 15) is 0 Å². The Kier molecular flexibility index (Phi) is 4.35. The second-order valence-electron chi connectivity index (χ2n) is 5.41. The molecule has 0 amide bonds. The van der Waals surface area contributed by atoms with E-state index < -0.39 is 0 Å². The summed E-state index contributed by atoms with van der Waals surface area (Å²) < 4.78 is 7.99. The van der Waals surface area contributed by atoms with Gasteiger partial charge in [0.1, 0.15) is 11.6 Å². The lowest BCUT2D eigenvalue weighted by Gasteiger charge is -2.16. The van der Waals surface area contributed by atoms with Crippen LogP contribution in [0, 0.1) is 13.8 Å². The molecule has 5 nitrogen and oxygen atoms in total. The van der Waals surface area contributed by atoms with Crippen molar-refractivity contribution in [1.82, 2.24) is 20.1 Å². The molecule has 1 aromatic rings. The van der Waals surface area contributed by atoms with Crippen molar-refractivity contribution < 1.29 is 4.74 Å². The van der Waals surface area contributed by atoms with Crippen LogP contribution in [0.4, 0.5) is 0 Å². The van der Waals surface area contributed by atoms with Crippen molar-refractivity contribution in [3.05, 3.63) is 11.6 Å². The standard InChI is InChI=1S/C13H24N4O/c1-9(2)14-7-12-5-6-13(18-12)8-17-11(4)15-10(3)16-17/h9,12-14H,5-8H2,1-4H3. The fourth-order valence-electron chi connectivity index (χ4n) is 2.36. The molecular formula is C13H24N4O. The third-order valence-corrected chi connectivity index (χ3v) is 3.29. The fourth-order valence-corrected chi connectivity index (χ4v) is 2.36. The van der Waals surface area contributed by atoms with E-state index in [4.69, 9.17) is 4.74 Å². The quantitative estimate of drug-likeness (QED) is 0.861. The minimum atomic E-state index is 0.281. The highest BCUT2D eigenvalue weighted by atomic mass is 16.5. The fraction of sp³-hybridized carbons (Fsp3) is 0.846. The van der Waals surface area contributed by atoms with Crippen LogP contribution in [0.1, 0.15) is 38.3 Å². The van der Waals surface area contributed by atoms with E-state index in [0.29, 0.717) is 12.1 Å². The maximum atomic E-state index is 6.03. The van der Waals surface area contributed by atoms with Gasteiger partial charge in [-0.3, -0.25) is 0 Å². The van der Waals surface area contributed by atoms with Gasteiger partial charge in [-0.2, -0.15) is 5.10 Å². The molecule has 1 aliphatic rings. The number of nitrogens with one attached hydrogen (secondary N) is 1. The number of aryl methyl sites for hydroxylation is 2. The van der Waals surface area contributed by atoms with Gasteiger partial charge in [-0.1, -0.05) is 13.8 Å². The number of hydrogen-bond acceptors (Lipinski definition) is 4. The molecule has 0 saturated carbocycles. The molecule has 2 atom stereocenters. The monoisotopic (exact) mass is 252 g/mol. The Hall–Kier alpha value is -0.940. The summed E-state index contributed by atoms with van der Waals surface area (Å²) in [6.07, 6.45) is 2.88. The molecule has 1 N–H and O–H groups in total. The minimum absolute atomic E-state index is 0.281. The zero-order valence-corrected chi connectivity index (χ0v) is 11.8. The van der Waals surface area contributed by atoms with E-state index in [0.717, 1.165) is 37.6 Å². The highest BCUT2D eigenvalue weighted by Gasteiger charge is 2.26. The molecule has 2 rings (SSSR count). The van der Waals surface area contributed by atoms with Crippen molar-refractivity contribution in [3.8, 4) is 0 Å². The molecule has 2 unspecified atom stereocenters. The second kappa shape index (κ2) is 5.80. The van der Waals surface area contributed by atoms with E-state index in [-0.39, 0.29) is 6.10 Å². The molecule has 0 bridgehead atoms. The van der Waals surface area contributed by atoms with E-state index in [1.165, 1.54) is 0 Å². The molecule has 1 aromatic heterocycles. The first-order valence-corrected chi connectivity index (χ1v) is 6.81. The Morgan fingerprint density at radius 3 is 2.67 bits per heavy atom. The highest BCUT2D eigenvalue weighted by molar-refractivity contribution is 4.89. The molecule has 102 valence electrons. The largest absolute Gasteiger partial charge is 0.372 e. The average molecular weight is 252 g/mol. The first-order valence-electron chi connectivity index (χ1n) is 6.81. The van der Waals surface area contributed by atoms with Gasteiger partial charge < -0.3 is 10.1 Å². The van der Waals surface area contributed by atoms with Crippen molar-refractivity contribution in [2.75, 3.05) is 6.54 Å². The van der Waals surface area contributed by atoms with Gasteiger partial charge in [0.25, 0.3) is 0 Å². The van der Waals surface area contributed by atoms with Crippen LogP contribution < -0.4 is 5.32 Å². The predicted octanol–water partition coefficient (Wildman–Crippen LogP) is 1.44. The normalized spacial score (nSPS) is 24.1. The van der Waals surface area contributed by atoms with Gasteiger partial charge in [-0.15, -0.1) is 0 Å². The van der Waals surface area contributed by atoms with Crippen molar-refractivity contribution in [2.24, 2.45) is 0 Å². The maximum Gasteiger partial charge on any atom is 0.147 e. The minimum Gasteiger partial charge on any atom is -0.372 e. The van der Waals surface area contributed by atoms with Gasteiger partial charge in [0, 0.05) is 12.6 Å². The number of ether oxygens (including phenoxy) is 1. The molecule has 1 saturated heterocycles. The first-order chi connectivity index (χ1) is 8.54. The van der Waals surface area contributed by atoms with Crippen LogP contribution in [-0.4, -0.2) is 39.6 Å². The lowest BCUT2D eigenvalue weighted by molar-refractivity contribution is 0.0329. The molecule has 18 heavy (non-hydrogen) atoms. The molecule has 0 radical (unpaired) electrons. The zero-order valence-electron chi connectivity index (χ0n) is 11.8. The topological polar surface area (TPSA) is 52.0 Å². The van der Waals surface area contributed by atoms with Gasteiger partial charge in [0.15, 0.2) is 0 Å². The zero-order chi connectivity index (χ0) is 13.1. The molecule has 0 aromatic carbocycles. The van der Waals surface area contributed by atoms with Gasteiger partial charge in [0.2, 0.25) is 0 Å². The van der Waals surface area contributed by atoms with Crippen molar-refractivity contribution in [1.29, 1.82) is 0 Å². The molecule has 5 heteroatoms. The molecule has 2 heterocycles. The number of hydrogen-bond donors (Lipinski definition) is 1. The summed E-state index contributed by atoms with van der Waals surface area (Å²) in [6.45, 7) is 10.0. The van der Waals surface area contributed by atoms with Crippen LogP contribution in [0.2, 0.25) is 0 Å². The van der Waals surface area contributed by atoms with E-state index in [1.54, 1.807) is 0 Å². The highest BCUT2D eigenvalue weighted by Crippen LogP contribution is 2.20. The van der Waals surface area contributed by atoms with E-state index >= 15 is 0 Å². The number of aromatic nitrogens is 3. The Bertz CT molecular complexity index is 388. The van der Waals surface area contributed by atoms with Gasteiger partial charge in [-0.05, 0) is 26.7 Å². The summed E-state index contributed by atoms with van der Waals surface area (Å²) in [7, 11) is 0. The van der Waals surface area contributed by atoms with Crippen molar-refractivity contribution in [2.45, 2.75) is 65.3 Å². The lowest BCUT2D eigenvalue weighted by Crippen LogP contribution is -2.32. The van der Waals surface area contributed by atoms with Crippen molar-refractivity contribution >= 4 is 0 Å². The summed E-state index contributed by atoms with van der Waals surface area (Å²) in [5, 5.41) is 7.81. The smallest absolute Gasteiger partial charge is 0.147 e. The Morgan fingerprint density at radius 1 is 1.33 bits per heavy atom. The molecule has 1 fully saturated rings. The van der Waals surface area contributed by atoms with E-state index in [2.05, 4.69) is 29.2 Å². The molecule has 0 aliphatic carbocycles. The van der Waals surface area contributed by atoms with Gasteiger partial charge in [-0.25, -0.2) is 9.67 Å². The number of nitrogens with zero attached hydrogens (tertiary/aromatic N) is 3. The number of rotatable bonds is 5. The van der Waals surface area contributed by atoms with Crippen LogP contribution in [0.3, 0.4) is 0 Å². The molecule has 0 spiro atoms. The summed E-state index contributed by atoms with van der Waals surface area (Å²) >= 11 is 0. The predicted molar refractivity (Wildman–Crippen MR) is 70.5 cm³/mol. The Morgan fingerprint density at radius 2 is 2.06 bits per heavy atom. The lowest BCUT2D eigenvalue weighted by atomic mass is 10.2. The van der Waals surface area contributed by atoms with Gasteiger partial charge in [0.05, 0.1) is 18.8 Å². The van der Waals surface area contributed by atoms with Crippen LogP contribution >= 0.6 is 0 Å². The van der Waals surface area contributed by atoms with Crippen LogP contribution in [0.5, 0.6) is 0 Å². The van der Waals surface area contributed by atoms with Gasteiger partial charge >= 0.3 is 0 Å². The first kappa shape index (κ1) is 13.5. The van der Waals surface area contributed by atoms with Crippen LogP contribution in [0.25, 0.3) is 0 Å². The maximum absolute atomic E-state index is 6.03. The summed E-state index contributed by atoms with van der Waals surface area (Å²) in [5.41, 5.74) is 0. The third-order valence-electron chi connectivity index (χ3n) is 3.29. The van der Waals surface area contributed by atoms with E-state index in [1.807, 2.05) is 18.5 Å². The van der Waals surface area contributed by atoms with Crippen molar-refractivity contribution in [3.63, 3.8) is 0 Å². The summed E-state index contributed by atoms with van der Waals surface area (Å²) in [4.78, 5) is 4.32. The summed E-state index contributed by atoms with van der Waals surface area (Å²) in [5.74, 6) is 1.81. The Labute approximate surface area is 109 Å². The Balaban J connectivity index is 1.80. The van der Waals surface area contributed by atoms with Crippen LogP contribution in [-0.2, 0) is 11.3 Å². The SMILES string of the molecule is Cc1nc(C)n(CC2CCC(CNC(C)C)O2)n1. The molecular weight excluding hydrogens is 228 g/mol. The third kappa shape index (κ3) is 3.53. The van der Waals surface area contributed by atoms with Crippen LogP contribution in [0.15, 0.2) is 0 Å². The average Bonchev–Trinajstić information content (AvgIpc) is 2.84. The second-order valence-corrected chi connectivity index (χ2v) is 5.41. The molecule has 1 aliphatic heterocycles.